The lowest BCUT2D eigenvalue weighted by Gasteiger charge is -2.15. The highest BCUT2D eigenvalue weighted by molar-refractivity contribution is 7.10. The summed E-state index contributed by atoms with van der Waals surface area (Å²) in [5, 5.41) is 13.4. The third kappa shape index (κ3) is 4.39. The molecule has 2 rings (SSSR count). The van der Waals surface area contributed by atoms with Gasteiger partial charge in [-0.05, 0) is 23.1 Å². The fraction of sp³-hybridized carbons (Fsp3) is 0.200. The Morgan fingerprint density at radius 2 is 2.00 bits per heavy atom. The molecule has 1 aromatic carbocycles. The largest absolute Gasteiger partial charge is 0.481 e. The molecule has 0 saturated heterocycles. The van der Waals surface area contributed by atoms with Crippen LogP contribution in [0.25, 0.3) is 0 Å². The molecule has 21 heavy (non-hydrogen) atoms. The second-order valence-corrected chi connectivity index (χ2v) is 5.48. The lowest BCUT2D eigenvalue weighted by atomic mass is 10.1. The van der Waals surface area contributed by atoms with Crippen molar-refractivity contribution >= 4 is 23.2 Å². The molecule has 2 aromatic rings. The number of carboxylic acids is 1. The Morgan fingerprint density at radius 1 is 1.24 bits per heavy atom. The Labute approximate surface area is 125 Å². The van der Waals surface area contributed by atoms with Crippen LogP contribution in [0.2, 0.25) is 0 Å². The highest BCUT2D eigenvalue weighted by atomic mass is 32.1. The number of carbonyl (C=O) groups is 2. The normalized spacial score (nSPS) is 11.9. The zero-order chi connectivity index (χ0) is 15.2. The van der Waals surface area contributed by atoms with Crippen molar-refractivity contribution in [3.8, 4) is 0 Å². The maximum atomic E-state index is 13.5. The number of rotatable bonds is 6. The van der Waals surface area contributed by atoms with Crippen LogP contribution in [0.15, 0.2) is 41.8 Å². The first-order chi connectivity index (χ1) is 10.1. The molecule has 0 aliphatic rings. The van der Waals surface area contributed by atoms with E-state index in [2.05, 4.69) is 5.32 Å². The molecular weight excluding hydrogens is 293 g/mol. The van der Waals surface area contributed by atoms with E-state index in [0.29, 0.717) is 0 Å². The first-order valence-electron chi connectivity index (χ1n) is 6.34. The van der Waals surface area contributed by atoms with Gasteiger partial charge in [-0.1, -0.05) is 24.3 Å². The van der Waals surface area contributed by atoms with Gasteiger partial charge < -0.3 is 10.4 Å². The molecule has 0 unspecified atom stereocenters. The van der Waals surface area contributed by atoms with E-state index in [9.17, 15) is 14.0 Å². The van der Waals surface area contributed by atoms with Crippen LogP contribution in [0.4, 0.5) is 4.39 Å². The molecule has 0 aliphatic heterocycles. The van der Waals surface area contributed by atoms with Crippen molar-refractivity contribution in [1.29, 1.82) is 0 Å². The summed E-state index contributed by atoms with van der Waals surface area (Å²) in [5.74, 6) is -1.85. The van der Waals surface area contributed by atoms with Crippen LogP contribution in [-0.2, 0) is 16.0 Å². The predicted octanol–water partition coefficient (Wildman–Crippen LogP) is 2.76. The summed E-state index contributed by atoms with van der Waals surface area (Å²) in [5.41, 5.74) is 0.287. The Balaban J connectivity index is 2.05. The number of benzene rings is 1. The SMILES string of the molecule is O=C(O)C[C@H](NC(=O)Cc1ccccc1F)c1cccs1. The molecular formula is C15H14FNO3S. The molecule has 4 nitrogen and oxygen atoms in total. The van der Waals surface area contributed by atoms with Gasteiger partial charge in [-0.3, -0.25) is 9.59 Å². The van der Waals surface area contributed by atoms with Crippen LogP contribution in [0.5, 0.6) is 0 Å². The lowest BCUT2D eigenvalue weighted by molar-refractivity contribution is -0.137. The average Bonchev–Trinajstić information content (AvgIpc) is 2.94. The average molecular weight is 307 g/mol. The van der Waals surface area contributed by atoms with Crippen LogP contribution in [0, 0.1) is 5.82 Å². The van der Waals surface area contributed by atoms with Gasteiger partial charge in [-0.15, -0.1) is 11.3 Å². The van der Waals surface area contributed by atoms with Crippen molar-refractivity contribution in [2.24, 2.45) is 0 Å². The molecule has 1 amide bonds. The monoisotopic (exact) mass is 307 g/mol. The van der Waals surface area contributed by atoms with Gasteiger partial charge >= 0.3 is 5.97 Å². The minimum atomic E-state index is -1.00. The van der Waals surface area contributed by atoms with Crippen LogP contribution in [0.1, 0.15) is 22.9 Å². The molecule has 0 spiro atoms. The molecule has 0 radical (unpaired) electrons. The summed E-state index contributed by atoms with van der Waals surface area (Å²) < 4.78 is 13.5. The van der Waals surface area contributed by atoms with Crippen molar-refractivity contribution < 1.29 is 19.1 Å². The van der Waals surface area contributed by atoms with Gasteiger partial charge in [0, 0.05) is 4.88 Å². The molecule has 1 atom stereocenters. The van der Waals surface area contributed by atoms with E-state index in [-0.39, 0.29) is 18.4 Å². The summed E-state index contributed by atoms with van der Waals surface area (Å²) in [6.45, 7) is 0. The highest BCUT2D eigenvalue weighted by Crippen LogP contribution is 2.22. The van der Waals surface area contributed by atoms with E-state index in [0.717, 1.165) is 4.88 Å². The number of carbonyl (C=O) groups excluding carboxylic acids is 1. The first kappa shape index (κ1) is 15.2. The summed E-state index contributed by atoms with van der Waals surface area (Å²) >= 11 is 1.37. The van der Waals surface area contributed by atoms with Gasteiger partial charge in [0.05, 0.1) is 18.9 Å². The van der Waals surface area contributed by atoms with E-state index in [1.165, 1.54) is 23.5 Å². The van der Waals surface area contributed by atoms with Crippen LogP contribution >= 0.6 is 11.3 Å². The number of halogens is 1. The fourth-order valence-corrected chi connectivity index (χ4v) is 2.72. The van der Waals surface area contributed by atoms with E-state index >= 15 is 0 Å². The molecule has 0 aliphatic carbocycles. The standard InChI is InChI=1S/C15H14FNO3S/c16-11-5-2-1-4-10(11)8-14(18)17-12(9-15(19)20)13-6-3-7-21-13/h1-7,12H,8-9H2,(H,17,18)(H,19,20)/t12-/m0/s1. The highest BCUT2D eigenvalue weighted by Gasteiger charge is 2.19. The van der Waals surface area contributed by atoms with Crippen LogP contribution in [-0.4, -0.2) is 17.0 Å². The number of aliphatic carboxylic acids is 1. The second kappa shape index (κ2) is 6.99. The maximum absolute atomic E-state index is 13.5. The Kier molecular flexibility index (Phi) is 5.05. The molecule has 0 bridgehead atoms. The third-order valence-corrected chi connectivity index (χ3v) is 3.90. The maximum Gasteiger partial charge on any atom is 0.305 e. The van der Waals surface area contributed by atoms with E-state index in [1.54, 1.807) is 24.3 Å². The predicted molar refractivity (Wildman–Crippen MR) is 77.6 cm³/mol. The number of nitrogens with one attached hydrogen (secondary N) is 1. The molecule has 6 heteroatoms. The lowest BCUT2D eigenvalue weighted by Crippen LogP contribution is -2.31. The number of hydrogen-bond donors (Lipinski definition) is 2. The van der Waals surface area contributed by atoms with Crippen molar-refractivity contribution in [3.05, 3.63) is 58.0 Å². The van der Waals surface area contributed by atoms with Gasteiger partial charge in [0.1, 0.15) is 5.82 Å². The molecule has 0 fully saturated rings. The van der Waals surface area contributed by atoms with E-state index in [1.807, 2.05) is 5.38 Å². The summed E-state index contributed by atoms with van der Waals surface area (Å²) in [6.07, 6.45) is -0.322. The quantitative estimate of drug-likeness (QED) is 0.862. The topological polar surface area (TPSA) is 66.4 Å². The molecule has 0 saturated carbocycles. The van der Waals surface area contributed by atoms with Crippen molar-refractivity contribution in [1.82, 2.24) is 5.32 Å². The van der Waals surface area contributed by atoms with Gasteiger partial charge in [-0.2, -0.15) is 0 Å². The van der Waals surface area contributed by atoms with Crippen molar-refractivity contribution in [3.63, 3.8) is 0 Å². The first-order valence-corrected chi connectivity index (χ1v) is 7.22. The van der Waals surface area contributed by atoms with Gasteiger partial charge in [0.2, 0.25) is 5.91 Å². The Hall–Kier alpha value is -2.21. The third-order valence-electron chi connectivity index (χ3n) is 2.91. The van der Waals surface area contributed by atoms with Crippen molar-refractivity contribution in [2.45, 2.75) is 18.9 Å². The van der Waals surface area contributed by atoms with Crippen LogP contribution in [0.3, 0.4) is 0 Å². The summed E-state index contributed by atoms with van der Waals surface area (Å²) in [6, 6.07) is 8.99. The fourth-order valence-electron chi connectivity index (χ4n) is 1.95. The van der Waals surface area contributed by atoms with Gasteiger partial charge in [0.25, 0.3) is 0 Å². The summed E-state index contributed by atoms with van der Waals surface area (Å²) in [7, 11) is 0. The second-order valence-electron chi connectivity index (χ2n) is 4.50. The molecule has 110 valence electrons. The van der Waals surface area contributed by atoms with Gasteiger partial charge in [0.15, 0.2) is 0 Å². The summed E-state index contributed by atoms with van der Waals surface area (Å²) in [4.78, 5) is 23.6. The minimum absolute atomic E-state index is 0.117. The Bertz CT molecular complexity index is 628. The van der Waals surface area contributed by atoms with Gasteiger partial charge in [-0.25, -0.2) is 4.39 Å². The number of amides is 1. The zero-order valence-electron chi connectivity index (χ0n) is 11.1. The number of thiophene rings is 1. The molecule has 1 heterocycles. The van der Waals surface area contributed by atoms with Crippen molar-refractivity contribution in [2.75, 3.05) is 0 Å². The number of hydrogen-bond acceptors (Lipinski definition) is 3. The number of carboxylic acid groups (broad SMARTS) is 1. The zero-order valence-corrected chi connectivity index (χ0v) is 11.9. The molecule has 1 aromatic heterocycles. The van der Waals surface area contributed by atoms with Crippen LogP contribution < -0.4 is 5.32 Å². The smallest absolute Gasteiger partial charge is 0.305 e. The van der Waals surface area contributed by atoms with E-state index < -0.39 is 23.7 Å². The minimum Gasteiger partial charge on any atom is -0.481 e. The Morgan fingerprint density at radius 3 is 2.62 bits per heavy atom. The molecule has 2 N–H and O–H groups in total. The van der Waals surface area contributed by atoms with E-state index in [4.69, 9.17) is 5.11 Å².